The summed E-state index contributed by atoms with van der Waals surface area (Å²) in [5.74, 6) is -1.30. The van der Waals surface area contributed by atoms with Crippen LogP contribution in [-0.2, 0) is 30.8 Å². The monoisotopic (exact) mass is 432 g/mol. The van der Waals surface area contributed by atoms with E-state index in [1.165, 1.54) is 0 Å². The zero-order valence-corrected chi connectivity index (χ0v) is 19.4. The second-order valence-electron chi connectivity index (χ2n) is 8.85. The fourth-order valence-electron chi connectivity index (χ4n) is 3.03. The summed E-state index contributed by atoms with van der Waals surface area (Å²) < 4.78 is 0. The molecule has 32 heavy (non-hydrogen) atoms. The van der Waals surface area contributed by atoms with Gasteiger partial charge < -0.3 is 0 Å². The molecule has 0 saturated heterocycles. The van der Waals surface area contributed by atoms with Crippen LogP contribution in [0.1, 0.15) is 51.3 Å². The van der Waals surface area contributed by atoms with Gasteiger partial charge in [-0.3, -0.25) is 0 Å². The summed E-state index contributed by atoms with van der Waals surface area (Å²) in [5.41, 5.74) is 1.60. The van der Waals surface area contributed by atoms with Gasteiger partial charge in [0.2, 0.25) is 5.79 Å². The molecule has 0 bridgehead atoms. The molecule has 0 radical (unpaired) electrons. The SMILES string of the molecule is CC(C=Cc1ccccc1)(OOC(C)(C)c1ccccc1)OOC(C)(C)c1ccccc1. The number of rotatable bonds is 10. The fourth-order valence-corrected chi connectivity index (χ4v) is 3.03. The summed E-state index contributed by atoms with van der Waals surface area (Å²) >= 11 is 0. The van der Waals surface area contributed by atoms with Crippen LogP contribution in [0.4, 0.5) is 0 Å². The van der Waals surface area contributed by atoms with Crippen LogP contribution in [0.5, 0.6) is 0 Å². The van der Waals surface area contributed by atoms with Crippen LogP contribution in [0.3, 0.4) is 0 Å². The summed E-state index contributed by atoms with van der Waals surface area (Å²) in [4.78, 5) is 23.5. The fraction of sp³-hybridized carbons (Fsp3) is 0.286. The van der Waals surface area contributed by atoms with Crippen LogP contribution in [0.2, 0.25) is 0 Å². The highest BCUT2D eigenvalue weighted by atomic mass is 17.3. The third-order valence-electron chi connectivity index (χ3n) is 5.15. The van der Waals surface area contributed by atoms with Gasteiger partial charge in [-0.05, 0) is 57.4 Å². The molecule has 0 fully saturated rings. The molecule has 0 aliphatic heterocycles. The predicted molar refractivity (Wildman–Crippen MR) is 127 cm³/mol. The van der Waals surface area contributed by atoms with Gasteiger partial charge in [0.15, 0.2) is 0 Å². The Morgan fingerprint density at radius 2 is 0.875 bits per heavy atom. The highest BCUT2D eigenvalue weighted by molar-refractivity contribution is 5.49. The molecule has 4 nitrogen and oxygen atoms in total. The van der Waals surface area contributed by atoms with Gasteiger partial charge in [-0.2, -0.15) is 9.78 Å². The van der Waals surface area contributed by atoms with Gasteiger partial charge in [-0.25, -0.2) is 9.78 Å². The van der Waals surface area contributed by atoms with Crippen molar-refractivity contribution < 1.29 is 19.6 Å². The average Bonchev–Trinajstić information content (AvgIpc) is 2.82. The largest absolute Gasteiger partial charge is 0.249 e. The van der Waals surface area contributed by atoms with E-state index >= 15 is 0 Å². The Morgan fingerprint density at radius 1 is 0.500 bits per heavy atom. The van der Waals surface area contributed by atoms with Crippen LogP contribution >= 0.6 is 0 Å². The van der Waals surface area contributed by atoms with Crippen molar-refractivity contribution in [2.24, 2.45) is 0 Å². The zero-order valence-electron chi connectivity index (χ0n) is 19.4. The van der Waals surface area contributed by atoms with E-state index in [0.29, 0.717) is 0 Å². The molecule has 3 aromatic carbocycles. The van der Waals surface area contributed by atoms with E-state index in [1.54, 1.807) is 13.0 Å². The molecular weight excluding hydrogens is 400 g/mol. The number of benzene rings is 3. The van der Waals surface area contributed by atoms with Crippen LogP contribution in [-0.4, -0.2) is 5.79 Å². The van der Waals surface area contributed by atoms with E-state index in [0.717, 1.165) is 16.7 Å². The number of hydrogen-bond donors (Lipinski definition) is 0. The van der Waals surface area contributed by atoms with Crippen molar-refractivity contribution >= 4 is 6.08 Å². The van der Waals surface area contributed by atoms with E-state index < -0.39 is 17.0 Å². The van der Waals surface area contributed by atoms with E-state index in [9.17, 15) is 0 Å². The first-order chi connectivity index (χ1) is 15.2. The minimum absolute atomic E-state index is 0.693. The van der Waals surface area contributed by atoms with E-state index in [2.05, 4.69) is 0 Å². The van der Waals surface area contributed by atoms with Crippen molar-refractivity contribution in [1.29, 1.82) is 0 Å². The standard InChI is InChI=1S/C28H32O4/c1-26(2,24-17-11-7-12-18-24)29-31-28(5,22-21-23-15-9-6-10-16-23)32-30-27(3,4)25-19-13-8-14-20-25/h6-22H,1-5H3. The van der Waals surface area contributed by atoms with Crippen LogP contribution in [0.15, 0.2) is 97.1 Å². The Bertz CT molecular complexity index is 924. The molecule has 0 saturated carbocycles. The lowest BCUT2D eigenvalue weighted by molar-refractivity contribution is -0.528. The molecule has 0 heterocycles. The summed E-state index contributed by atoms with van der Waals surface area (Å²) in [6.45, 7) is 9.53. The number of hydrogen-bond acceptors (Lipinski definition) is 4. The summed E-state index contributed by atoms with van der Waals surface area (Å²) in [7, 11) is 0. The van der Waals surface area contributed by atoms with Gasteiger partial charge in [0.1, 0.15) is 11.2 Å². The molecule has 0 aliphatic carbocycles. The molecule has 0 N–H and O–H groups in total. The zero-order chi connectivity index (χ0) is 23.1. The maximum atomic E-state index is 5.88. The van der Waals surface area contributed by atoms with Crippen molar-refractivity contribution in [3.8, 4) is 0 Å². The van der Waals surface area contributed by atoms with Crippen LogP contribution in [0.25, 0.3) is 6.08 Å². The molecule has 0 unspecified atom stereocenters. The van der Waals surface area contributed by atoms with Crippen molar-refractivity contribution in [2.45, 2.75) is 51.6 Å². The van der Waals surface area contributed by atoms with E-state index in [4.69, 9.17) is 19.6 Å². The topological polar surface area (TPSA) is 36.9 Å². The third-order valence-corrected chi connectivity index (χ3v) is 5.15. The van der Waals surface area contributed by atoms with Gasteiger partial charge in [0.05, 0.1) is 0 Å². The Labute approximate surface area is 191 Å². The normalized spacial score (nSPS) is 12.9. The minimum Gasteiger partial charge on any atom is -0.222 e. The van der Waals surface area contributed by atoms with Gasteiger partial charge in [0.25, 0.3) is 0 Å². The maximum Gasteiger partial charge on any atom is 0.249 e. The van der Waals surface area contributed by atoms with Crippen molar-refractivity contribution in [2.75, 3.05) is 0 Å². The molecule has 3 rings (SSSR count). The van der Waals surface area contributed by atoms with E-state index in [1.807, 2.05) is 125 Å². The van der Waals surface area contributed by atoms with Crippen molar-refractivity contribution in [3.05, 3.63) is 114 Å². The van der Waals surface area contributed by atoms with Gasteiger partial charge in [-0.1, -0.05) is 97.1 Å². The van der Waals surface area contributed by atoms with Crippen molar-refractivity contribution in [1.82, 2.24) is 0 Å². The smallest absolute Gasteiger partial charge is 0.222 e. The average molecular weight is 433 g/mol. The van der Waals surface area contributed by atoms with Crippen LogP contribution < -0.4 is 0 Å². The Morgan fingerprint density at radius 3 is 1.28 bits per heavy atom. The second kappa shape index (κ2) is 10.2. The maximum absolute atomic E-state index is 5.88. The summed E-state index contributed by atoms with van der Waals surface area (Å²) in [6.07, 6.45) is 3.70. The lowest BCUT2D eigenvalue weighted by atomic mass is 9.99. The second-order valence-corrected chi connectivity index (χ2v) is 8.85. The van der Waals surface area contributed by atoms with E-state index in [-0.39, 0.29) is 0 Å². The molecule has 0 amide bonds. The summed E-state index contributed by atoms with van der Waals surface area (Å²) in [6, 6.07) is 29.7. The minimum atomic E-state index is -1.30. The van der Waals surface area contributed by atoms with Crippen LogP contribution in [0, 0.1) is 0 Å². The summed E-state index contributed by atoms with van der Waals surface area (Å²) in [5, 5.41) is 0. The van der Waals surface area contributed by atoms with Gasteiger partial charge in [-0.15, -0.1) is 0 Å². The molecule has 0 atom stereocenters. The third kappa shape index (κ3) is 6.62. The highest BCUT2D eigenvalue weighted by Crippen LogP contribution is 2.31. The van der Waals surface area contributed by atoms with Gasteiger partial charge >= 0.3 is 0 Å². The molecule has 0 aromatic heterocycles. The Hall–Kier alpha value is -2.76. The predicted octanol–water partition coefficient (Wildman–Crippen LogP) is 7.18. The lowest BCUT2D eigenvalue weighted by Gasteiger charge is -2.33. The molecule has 168 valence electrons. The first-order valence-corrected chi connectivity index (χ1v) is 10.8. The molecule has 0 aliphatic rings. The van der Waals surface area contributed by atoms with Crippen molar-refractivity contribution in [3.63, 3.8) is 0 Å². The molecule has 0 spiro atoms. The highest BCUT2D eigenvalue weighted by Gasteiger charge is 2.34. The Kier molecular flexibility index (Phi) is 7.64. The quantitative estimate of drug-likeness (QED) is 0.193. The first-order valence-electron chi connectivity index (χ1n) is 10.8. The lowest BCUT2D eigenvalue weighted by Crippen LogP contribution is -2.37. The Balaban J connectivity index is 1.78. The molecular formula is C28H32O4. The molecule has 4 heteroatoms. The first kappa shape index (κ1) is 23.9. The van der Waals surface area contributed by atoms with Gasteiger partial charge in [0, 0.05) is 0 Å². The molecule has 3 aromatic rings.